The van der Waals surface area contributed by atoms with Crippen molar-refractivity contribution in [2.24, 2.45) is 0 Å². The highest BCUT2D eigenvalue weighted by Crippen LogP contribution is 2.30. The van der Waals surface area contributed by atoms with E-state index in [2.05, 4.69) is 11.4 Å². The number of rotatable bonds is 4. The summed E-state index contributed by atoms with van der Waals surface area (Å²) >= 11 is 0. The van der Waals surface area contributed by atoms with Crippen LogP contribution in [-0.4, -0.2) is 17.8 Å². The first-order valence-electron chi connectivity index (χ1n) is 5.75. The number of furan rings is 1. The van der Waals surface area contributed by atoms with Gasteiger partial charge in [-0.3, -0.25) is 0 Å². The molecule has 2 rings (SSSR count). The summed E-state index contributed by atoms with van der Waals surface area (Å²) in [6.45, 7) is 2.69. The predicted octanol–water partition coefficient (Wildman–Crippen LogP) is 2.02. The molecule has 0 aromatic carbocycles. The maximum atomic E-state index is 9.18. The highest BCUT2D eigenvalue weighted by Gasteiger charge is 2.21. The largest absolute Gasteiger partial charge is 0.469 e. The summed E-state index contributed by atoms with van der Waals surface area (Å²) in [7, 11) is 0. The molecule has 1 aromatic rings. The van der Waals surface area contributed by atoms with E-state index in [0.717, 1.165) is 25.1 Å². The van der Waals surface area contributed by atoms with E-state index in [0.29, 0.717) is 6.04 Å². The number of nitrogens with one attached hydrogen (secondary N) is 1. The number of aliphatic hydroxyl groups excluding tert-OH is 1. The Morgan fingerprint density at radius 3 is 3.33 bits per heavy atom. The molecule has 2 atom stereocenters. The Kier molecular flexibility index (Phi) is 3.44. The van der Waals surface area contributed by atoms with Crippen LogP contribution in [0.2, 0.25) is 0 Å². The Morgan fingerprint density at radius 1 is 1.67 bits per heavy atom. The van der Waals surface area contributed by atoms with E-state index in [1.165, 1.54) is 18.4 Å². The molecule has 0 aliphatic heterocycles. The van der Waals surface area contributed by atoms with Gasteiger partial charge in [0.1, 0.15) is 5.76 Å². The van der Waals surface area contributed by atoms with Gasteiger partial charge in [0.25, 0.3) is 0 Å². The van der Waals surface area contributed by atoms with Crippen molar-refractivity contribution in [3.63, 3.8) is 0 Å². The Labute approximate surface area is 90.5 Å². The van der Waals surface area contributed by atoms with Gasteiger partial charge in [-0.15, -0.1) is 0 Å². The maximum Gasteiger partial charge on any atom is 0.108 e. The van der Waals surface area contributed by atoms with E-state index in [-0.39, 0.29) is 6.10 Å². The molecule has 1 aromatic heterocycles. The van der Waals surface area contributed by atoms with Gasteiger partial charge in [0.2, 0.25) is 0 Å². The number of hydrogen-bond acceptors (Lipinski definition) is 3. The molecule has 84 valence electrons. The highest BCUT2D eigenvalue weighted by atomic mass is 16.3. The molecule has 0 saturated heterocycles. The van der Waals surface area contributed by atoms with Crippen LogP contribution in [0.4, 0.5) is 0 Å². The molecule has 1 heterocycles. The maximum absolute atomic E-state index is 9.18. The van der Waals surface area contributed by atoms with Gasteiger partial charge in [0.05, 0.1) is 12.4 Å². The van der Waals surface area contributed by atoms with Crippen LogP contribution in [0.1, 0.15) is 43.6 Å². The Bertz CT molecular complexity index is 306. The van der Waals surface area contributed by atoms with E-state index in [9.17, 15) is 5.11 Å². The molecule has 15 heavy (non-hydrogen) atoms. The van der Waals surface area contributed by atoms with Crippen molar-refractivity contribution in [3.05, 3.63) is 23.7 Å². The smallest absolute Gasteiger partial charge is 0.108 e. The zero-order valence-corrected chi connectivity index (χ0v) is 9.20. The minimum Gasteiger partial charge on any atom is -0.469 e. The van der Waals surface area contributed by atoms with Crippen LogP contribution in [-0.2, 0) is 6.42 Å². The number of aryl methyl sites for hydroxylation is 1. The molecule has 0 bridgehead atoms. The summed E-state index contributed by atoms with van der Waals surface area (Å²) < 4.78 is 5.42. The molecular weight excluding hydrogens is 190 g/mol. The van der Waals surface area contributed by atoms with Crippen molar-refractivity contribution in [1.29, 1.82) is 0 Å². The third-order valence-electron chi connectivity index (χ3n) is 3.00. The first-order chi connectivity index (χ1) is 7.27. The minimum absolute atomic E-state index is 0.218. The predicted molar refractivity (Wildman–Crippen MR) is 58.7 cm³/mol. The Balaban J connectivity index is 1.89. The lowest BCUT2D eigenvalue weighted by Crippen LogP contribution is -2.27. The van der Waals surface area contributed by atoms with Gasteiger partial charge in [-0.05, 0) is 38.8 Å². The summed E-state index contributed by atoms with van der Waals surface area (Å²) in [5, 5.41) is 12.7. The third kappa shape index (κ3) is 2.61. The van der Waals surface area contributed by atoms with E-state index in [1.54, 1.807) is 6.26 Å². The lowest BCUT2D eigenvalue weighted by atomic mass is 9.93. The van der Waals surface area contributed by atoms with Crippen molar-refractivity contribution in [2.45, 2.75) is 44.8 Å². The topological polar surface area (TPSA) is 45.4 Å². The normalized spacial score (nSPS) is 22.4. The Morgan fingerprint density at radius 2 is 2.53 bits per heavy atom. The lowest BCUT2D eigenvalue weighted by Gasteiger charge is -2.23. The van der Waals surface area contributed by atoms with Crippen molar-refractivity contribution in [1.82, 2.24) is 5.32 Å². The summed E-state index contributed by atoms with van der Waals surface area (Å²) in [5.74, 6) is 1.13. The van der Waals surface area contributed by atoms with E-state index in [1.807, 2.05) is 6.92 Å². The van der Waals surface area contributed by atoms with Gasteiger partial charge in [-0.2, -0.15) is 0 Å². The van der Waals surface area contributed by atoms with Crippen molar-refractivity contribution >= 4 is 0 Å². The van der Waals surface area contributed by atoms with Crippen LogP contribution >= 0.6 is 0 Å². The standard InChI is InChI=1S/C12H19NO2/c1-9(14)5-7-13-11-3-2-4-12-10(11)6-8-15-12/h6,8-9,11,13-14H,2-5,7H2,1H3. The molecule has 3 heteroatoms. The van der Waals surface area contributed by atoms with Crippen LogP contribution < -0.4 is 5.32 Å². The van der Waals surface area contributed by atoms with Crippen LogP contribution in [0.15, 0.2) is 16.7 Å². The summed E-state index contributed by atoms with van der Waals surface area (Å²) in [6, 6.07) is 2.49. The van der Waals surface area contributed by atoms with Gasteiger partial charge in [-0.1, -0.05) is 0 Å². The van der Waals surface area contributed by atoms with Crippen LogP contribution in [0, 0.1) is 0 Å². The first kappa shape index (κ1) is 10.7. The molecule has 2 N–H and O–H groups in total. The van der Waals surface area contributed by atoms with Gasteiger partial charge in [0, 0.05) is 18.0 Å². The number of hydrogen-bond donors (Lipinski definition) is 2. The molecule has 0 spiro atoms. The van der Waals surface area contributed by atoms with Crippen molar-refractivity contribution in [2.75, 3.05) is 6.54 Å². The van der Waals surface area contributed by atoms with Crippen molar-refractivity contribution in [3.8, 4) is 0 Å². The molecule has 0 fully saturated rings. The van der Waals surface area contributed by atoms with E-state index < -0.39 is 0 Å². The average Bonchev–Trinajstić information content (AvgIpc) is 2.65. The molecule has 0 amide bonds. The van der Waals surface area contributed by atoms with Crippen molar-refractivity contribution < 1.29 is 9.52 Å². The fourth-order valence-corrected chi connectivity index (χ4v) is 2.16. The van der Waals surface area contributed by atoms with E-state index >= 15 is 0 Å². The summed E-state index contributed by atoms with van der Waals surface area (Å²) in [5.41, 5.74) is 1.31. The molecule has 3 nitrogen and oxygen atoms in total. The summed E-state index contributed by atoms with van der Waals surface area (Å²) in [6.07, 6.45) is 5.80. The van der Waals surface area contributed by atoms with Gasteiger partial charge in [-0.25, -0.2) is 0 Å². The zero-order valence-electron chi connectivity index (χ0n) is 9.20. The lowest BCUT2D eigenvalue weighted by molar-refractivity contribution is 0.181. The molecule has 0 saturated carbocycles. The molecule has 0 radical (unpaired) electrons. The van der Waals surface area contributed by atoms with Crippen LogP contribution in [0.25, 0.3) is 0 Å². The van der Waals surface area contributed by atoms with Gasteiger partial charge in [0.15, 0.2) is 0 Å². The third-order valence-corrected chi connectivity index (χ3v) is 3.00. The Hall–Kier alpha value is -0.800. The fraction of sp³-hybridized carbons (Fsp3) is 0.667. The first-order valence-corrected chi connectivity index (χ1v) is 5.75. The SMILES string of the molecule is CC(O)CCNC1CCCc2occc21. The zero-order chi connectivity index (χ0) is 10.7. The van der Waals surface area contributed by atoms with Crippen LogP contribution in [0.3, 0.4) is 0 Å². The fourth-order valence-electron chi connectivity index (χ4n) is 2.16. The second kappa shape index (κ2) is 4.81. The van der Waals surface area contributed by atoms with Gasteiger partial charge < -0.3 is 14.8 Å². The van der Waals surface area contributed by atoms with Gasteiger partial charge >= 0.3 is 0 Å². The molecule has 1 aliphatic rings. The van der Waals surface area contributed by atoms with Crippen LogP contribution in [0.5, 0.6) is 0 Å². The molecule has 2 unspecified atom stereocenters. The number of aliphatic hydroxyl groups is 1. The summed E-state index contributed by atoms with van der Waals surface area (Å²) in [4.78, 5) is 0. The second-order valence-electron chi connectivity index (χ2n) is 4.34. The number of fused-ring (bicyclic) bond motifs is 1. The van der Waals surface area contributed by atoms with E-state index in [4.69, 9.17) is 4.42 Å². The second-order valence-corrected chi connectivity index (χ2v) is 4.34. The monoisotopic (exact) mass is 209 g/mol. The average molecular weight is 209 g/mol. The minimum atomic E-state index is -0.218. The molecule has 1 aliphatic carbocycles. The molecular formula is C12H19NO2. The quantitative estimate of drug-likeness (QED) is 0.797. The highest BCUT2D eigenvalue weighted by molar-refractivity contribution is 5.23.